The van der Waals surface area contributed by atoms with Crippen LogP contribution in [-0.2, 0) is 4.79 Å². The molecule has 2 unspecified atom stereocenters. The Morgan fingerprint density at radius 1 is 1.53 bits per heavy atom. The molecule has 15 heavy (non-hydrogen) atoms. The Bertz CT molecular complexity index is 306. The van der Waals surface area contributed by atoms with Crippen molar-refractivity contribution in [1.82, 2.24) is 0 Å². The second kappa shape index (κ2) is 4.95. The first-order chi connectivity index (χ1) is 7.02. The molecular weight excluding hydrogens is 200 g/mol. The fraction of sp³-hybridized carbons (Fsp3) is 0.500. The molecule has 0 aliphatic rings. The molecule has 84 valence electrons. The van der Waals surface area contributed by atoms with Gasteiger partial charge in [0.2, 0.25) is 0 Å². The number of hydrogen-bond acceptors (Lipinski definition) is 4. The molecule has 1 rings (SSSR count). The zero-order valence-corrected chi connectivity index (χ0v) is 8.33. The maximum Gasteiger partial charge on any atom is 0.308 e. The van der Waals surface area contributed by atoms with E-state index in [0.717, 1.165) is 0 Å². The summed E-state index contributed by atoms with van der Waals surface area (Å²) in [5.74, 6) is -1.98. The summed E-state index contributed by atoms with van der Waals surface area (Å²) in [5, 5.41) is 27.7. The summed E-state index contributed by atoms with van der Waals surface area (Å²) >= 11 is 0. The minimum atomic E-state index is -1.08. The Kier molecular flexibility index (Phi) is 3.88. The highest BCUT2D eigenvalue weighted by Crippen LogP contribution is 2.21. The number of carboxylic acid groups (broad SMARTS) is 1. The average molecular weight is 214 g/mol. The Hall–Kier alpha value is -1.33. The van der Waals surface area contributed by atoms with Crippen LogP contribution in [0.3, 0.4) is 0 Å². The van der Waals surface area contributed by atoms with E-state index in [-0.39, 0.29) is 6.42 Å². The second-order valence-corrected chi connectivity index (χ2v) is 3.50. The average Bonchev–Trinajstić information content (AvgIpc) is 2.68. The van der Waals surface area contributed by atoms with E-state index < -0.39 is 24.1 Å². The number of carbonyl (C=O) groups is 1. The Morgan fingerprint density at radius 3 is 2.67 bits per heavy atom. The molecule has 1 heterocycles. The van der Waals surface area contributed by atoms with Gasteiger partial charge < -0.3 is 19.7 Å². The van der Waals surface area contributed by atoms with Gasteiger partial charge in [-0.05, 0) is 13.0 Å². The number of rotatable bonds is 5. The number of furan rings is 1. The van der Waals surface area contributed by atoms with Crippen LogP contribution in [0, 0.1) is 5.92 Å². The van der Waals surface area contributed by atoms with Gasteiger partial charge in [-0.3, -0.25) is 4.79 Å². The molecule has 0 amide bonds. The third-order valence-electron chi connectivity index (χ3n) is 2.36. The number of carboxylic acids is 1. The maximum absolute atomic E-state index is 10.5. The van der Waals surface area contributed by atoms with Gasteiger partial charge in [0.25, 0.3) is 0 Å². The van der Waals surface area contributed by atoms with Crippen LogP contribution >= 0.6 is 0 Å². The van der Waals surface area contributed by atoms with Crippen molar-refractivity contribution in [3.05, 3.63) is 24.2 Å². The summed E-state index contributed by atoms with van der Waals surface area (Å²) in [6, 6.07) is 1.57. The molecule has 0 bridgehead atoms. The van der Waals surface area contributed by atoms with Crippen molar-refractivity contribution in [2.24, 2.45) is 5.92 Å². The lowest BCUT2D eigenvalue weighted by Gasteiger charge is -2.17. The number of hydrogen-bond donors (Lipinski definition) is 3. The van der Waals surface area contributed by atoms with E-state index in [2.05, 4.69) is 0 Å². The van der Waals surface area contributed by atoms with Crippen molar-refractivity contribution in [3.63, 3.8) is 0 Å². The second-order valence-electron chi connectivity index (χ2n) is 3.50. The van der Waals surface area contributed by atoms with E-state index in [1.165, 1.54) is 19.5 Å². The van der Waals surface area contributed by atoms with Gasteiger partial charge in [-0.25, -0.2) is 0 Å². The molecule has 3 atom stereocenters. The van der Waals surface area contributed by atoms with Crippen molar-refractivity contribution < 1.29 is 24.5 Å². The van der Waals surface area contributed by atoms with Crippen LogP contribution in [0.4, 0.5) is 0 Å². The predicted molar refractivity (Wildman–Crippen MR) is 51.1 cm³/mol. The number of aliphatic carboxylic acids is 1. The fourth-order valence-corrected chi connectivity index (χ4v) is 1.20. The first kappa shape index (κ1) is 11.7. The molecule has 0 aliphatic heterocycles. The van der Waals surface area contributed by atoms with Gasteiger partial charge in [-0.15, -0.1) is 0 Å². The SMILES string of the molecule is CC(C(=O)O)C(O)C[C@@H](O)c1ccoc1. The molecule has 0 saturated heterocycles. The maximum atomic E-state index is 10.5. The lowest BCUT2D eigenvalue weighted by atomic mass is 9.97. The van der Waals surface area contributed by atoms with Crippen LogP contribution in [0.1, 0.15) is 25.0 Å². The molecule has 1 aromatic heterocycles. The quantitative estimate of drug-likeness (QED) is 0.673. The zero-order valence-electron chi connectivity index (χ0n) is 8.33. The van der Waals surface area contributed by atoms with Gasteiger partial charge in [-0.2, -0.15) is 0 Å². The van der Waals surface area contributed by atoms with Crippen molar-refractivity contribution in [2.75, 3.05) is 0 Å². The van der Waals surface area contributed by atoms with Crippen LogP contribution in [-0.4, -0.2) is 27.4 Å². The van der Waals surface area contributed by atoms with E-state index >= 15 is 0 Å². The zero-order chi connectivity index (χ0) is 11.4. The Balaban J connectivity index is 2.51. The summed E-state index contributed by atoms with van der Waals surface area (Å²) in [4.78, 5) is 10.5. The van der Waals surface area contributed by atoms with Crippen molar-refractivity contribution >= 4 is 5.97 Å². The van der Waals surface area contributed by atoms with E-state index in [9.17, 15) is 15.0 Å². The summed E-state index contributed by atoms with van der Waals surface area (Å²) in [5.41, 5.74) is 0.534. The van der Waals surface area contributed by atoms with E-state index in [1.54, 1.807) is 6.07 Å². The molecule has 3 N–H and O–H groups in total. The highest BCUT2D eigenvalue weighted by molar-refractivity contribution is 5.70. The van der Waals surface area contributed by atoms with Crippen molar-refractivity contribution in [2.45, 2.75) is 25.6 Å². The molecule has 5 heteroatoms. The molecule has 0 spiro atoms. The molecule has 0 radical (unpaired) electrons. The topological polar surface area (TPSA) is 90.9 Å². The highest BCUT2D eigenvalue weighted by atomic mass is 16.4. The minimum Gasteiger partial charge on any atom is -0.481 e. The summed E-state index contributed by atoms with van der Waals surface area (Å²) in [7, 11) is 0. The Labute approximate surface area is 87.0 Å². The highest BCUT2D eigenvalue weighted by Gasteiger charge is 2.24. The standard InChI is InChI=1S/C10H14O5/c1-6(10(13)14)8(11)4-9(12)7-2-3-15-5-7/h2-3,5-6,8-9,11-12H,4H2,1H3,(H,13,14)/t6?,8?,9-/m1/s1. The van der Waals surface area contributed by atoms with Gasteiger partial charge in [0.15, 0.2) is 0 Å². The molecule has 1 aromatic rings. The van der Waals surface area contributed by atoms with Crippen LogP contribution in [0.15, 0.2) is 23.0 Å². The van der Waals surface area contributed by atoms with Crippen molar-refractivity contribution in [3.8, 4) is 0 Å². The number of aliphatic hydroxyl groups is 2. The molecule has 5 nitrogen and oxygen atoms in total. The Morgan fingerprint density at radius 2 is 2.20 bits per heavy atom. The van der Waals surface area contributed by atoms with Gasteiger partial charge in [-0.1, -0.05) is 0 Å². The third-order valence-corrected chi connectivity index (χ3v) is 2.36. The normalized spacial score (nSPS) is 17.0. The van der Waals surface area contributed by atoms with E-state index in [4.69, 9.17) is 9.52 Å². The monoisotopic (exact) mass is 214 g/mol. The van der Waals surface area contributed by atoms with Crippen LogP contribution in [0.25, 0.3) is 0 Å². The molecule has 0 fully saturated rings. The van der Waals surface area contributed by atoms with Gasteiger partial charge in [0, 0.05) is 12.0 Å². The molecule has 0 saturated carbocycles. The lowest BCUT2D eigenvalue weighted by molar-refractivity contribution is -0.145. The smallest absolute Gasteiger partial charge is 0.308 e. The van der Waals surface area contributed by atoms with Crippen LogP contribution in [0.5, 0.6) is 0 Å². The van der Waals surface area contributed by atoms with Gasteiger partial charge in [0.05, 0.1) is 30.7 Å². The van der Waals surface area contributed by atoms with Gasteiger partial charge >= 0.3 is 5.97 Å². The molecular formula is C10H14O5. The third kappa shape index (κ3) is 3.07. The molecule has 0 aromatic carbocycles. The summed E-state index contributed by atoms with van der Waals surface area (Å²) < 4.78 is 4.77. The largest absolute Gasteiger partial charge is 0.481 e. The summed E-state index contributed by atoms with van der Waals surface area (Å²) in [6.45, 7) is 1.40. The number of aliphatic hydroxyl groups excluding tert-OH is 2. The van der Waals surface area contributed by atoms with E-state index in [0.29, 0.717) is 5.56 Å². The van der Waals surface area contributed by atoms with Crippen LogP contribution < -0.4 is 0 Å². The van der Waals surface area contributed by atoms with E-state index in [1.807, 2.05) is 0 Å². The first-order valence-corrected chi connectivity index (χ1v) is 4.63. The van der Waals surface area contributed by atoms with Crippen molar-refractivity contribution in [1.29, 1.82) is 0 Å². The minimum absolute atomic E-state index is 0.0208. The summed E-state index contributed by atoms with van der Waals surface area (Å²) in [6.07, 6.45) is 0.773. The first-order valence-electron chi connectivity index (χ1n) is 4.63. The van der Waals surface area contributed by atoms with Gasteiger partial charge in [0.1, 0.15) is 0 Å². The van der Waals surface area contributed by atoms with Crippen LogP contribution in [0.2, 0.25) is 0 Å². The fourth-order valence-electron chi connectivity index (χ4n) is 1.20. The lowest BCUT2D eigenvalue weighted by Crippen LogP contribution is -2.27. The molecule has 0 aliphatic carbocycles. The predicted octanol–water partition coefficient (Wildman–Crippen LogP) is 0.785.